The number of aromatic amines is 1. The largest absolute Gasteiger partial charge is 0.469 e. The van der Waals surface area contributed by atoms with E-state index in [2.05, 4.69) is 25.3 Å². The molecule has 0 atom stereocenters. The third-order valence-electron chi connectivity index (χ3n) is 5.13. The summed E-state index contributed by atoms with van der Waals surface area (Å²) in [5.41, 5.74) is 2.83. The maximum Gasteiger partial charge on any atom is 0.416 e. The first-order valence-electron chi connectivity index (χ1n) is 10.1. The normalized spacial score (nSPS) is 11.3. The zero-order valence-corrected chi connectivity index (χ0v) is 17.9. The molecule has 0 saturated heterocycles. The smallest absolute Gasteiger partial charge is 0.416 e. The lowest BCUT2D eigenvalue weighted by Gasteiger charge is -2.11. The van der Waals surface area contributed by atoms with Gasteiger partial charge in [-0.2, -0.15) is 13.2 Å². The Labute approximate surface area is 192 Å². The number of hydrogen-bond donors (Lipinski definition) is 3. The lowest BCUT2D eigenvalue weighted by molar-refractivity contribution is -0.140. The van der Waals surface area contributed by atoms with Gasteiger partial charge in [0.25, 0.3) is 0 Å². The number of aromatic nitrogens is 2. The van der Waals surface area contributed by atoms with Crippen molar-refractivity contribution in [3.05, 3.63) is 78.1 Å². The van der Waals surface area contributed by atoms with E-state index in [0.29, 0.717) is 16.7 Å². The highest BCUT2D eigenvalue weighted by atomic mass is 19.4. The molecule has 4 aromatic rings. The summed E-state index contributed by atoms with van der Waals surface area (Å²) in [6.07, 6.45) is -1.09. The zero-order valence-electron chi connectivity index (χ0n) is 17.9. The van der Waals surface area contributed by atoms with E-state index in [1.807, 2.05) is 24.3 Å². The highest BCUT2D eigenvalue weighted by Gasteiger charge is 2.30. The molecule has 2 amide bonds. The van der Waals surface area contributed by atoms with Gasteiger partial charge in [-0.3, -0.25) is 4.79 Å². The highest BCUT2D eigenvalue weighted by Crippen LogP contribution is 2.33. The van der Waals surface area contributed by atoms with E-state index in [4.69, 9.17) is 0 Å². The van der Waals surface area contributed by atoms with Crippen LogP contribution in [0.4, 0.5) is 29.3 Å². The second-order valence-electron chi connectivity index (χ2n) is 7.39. The average molecular weight is 468 g/mol. The Hall–Kier alpha value is -4.34. The van der Waals surface area contributed by atoms with Gasteiger partial charge in [-0.25, -0.2) is 9.78 Å². The molecular weight excluding hydrogens is 449 g/mol. The molecule has 10 heteroatoms. The second kappa shape index (κ2) is 9.26. The minimum atomic E-state index is -4.45. The summed E-state index contributed by atoms with van der Waals surface area (Å²) in [7, 11) is 1.33. The maximum absolute atomic E-state index is 12.7. The minimum absolute atomic E-state index is 0.156. The van der Waals surface area contributed by atoms with Crippen LogP contribution in [0, 0.1) is 0 Å². The summed E-state index contributed by atoms with van der Waals surface area (Å²) in [6.45, 7) is 0. The van der Waals surface area contributed by atoms with Crippen molar-refractivity contribution in [2.45, 2.75) is 12.6 Å². The van der Waals surface area contributed by atoms with E-state index in [0.717, 1.165) is 28.8 Å². The van der Waals surface area contributed by atoms with Gasteiger partial charge in [-0.1, -0.05) is 24.3 Å². The van der Waals surface area contributed by atoms with E-state index in [1.165, 1.54) is 19.2 Å². The van der Waals surface area contributed by atoms with Gasteiger partial charge in [0.1, 0.15) is 5.65 Å². The number of hydrogen-bond acceptors (Lipinski definition) is 4. The number of alkyl halides is 3. The van der Waals surface area contributed by atoms with Crippen LogP contribution >= 0.6 is 0 Å². The fourth-order valence-corrected chi connectivity index (χ4v) is 3.46. The first-order chi connectivity index (χ1) is 16.2. The molecule has 0 bridgehead atoms. The molecule has 2 aromatic heterocycles. The number of halogens is 3. The molecule has 4 rings (SSSR count). The molecule has 0 aliphatic heterocycles. The molecule has 34 heavy (non-hydrogen) atoms. The van der Waals surface area contributed by atoms with E-state index < -0.39 is 17.8 Å². The Balaban J connectivity index is 1.55. The van der Waals surface area contributed by atoms with E-state index >= 15 is 0 Å². The van der Waals surface area contributed by atoms with Crippen LogP contribution in [0.25, 0.3) is 22.2 Å². The number of nitrogens with zero attached hydrogens (tertiary/aromatic N) is 1. The van der Waals surface area contributed by atoms with Crippen LogP contribution < -0.4 is 10.6 Å². The maximum atomic E-state index is 12.7. The number of rotatable bonds is 5. The summed E-state index contributed by atoms with van der Waals surface area (Å²) in [5, 5.41) is 5.89. The van der Waals surface area contributed by atoms with Crippen molar-refractivity contribution in [2.75, 3.05) is 17.7 Å². The number of H-pyrrole nitrogens is 1. The number of ether oxygens (including phenoxy) is 1. The number of benzene rings is 2. The Morgan fingerprint density at radius 1 is 1.00 bits per heavy atom. The number of pyridine rings is 1. The lowest BCUT2D eigenvalue weighted by Crippen LogP contribution is -2.19. The van der Waals surface area contributed by atoms with Crippen molar-refractivity contribution in [1.29, 1.82) is 0 Å². The molecule has 2 aromatic carbocycles. The van der Waals surface area contributed by atoms with Crippen LogP contribution in [0.3, 0.4) is 0 Å². The van der Waals surface area contributed by atoms with E-state index in [-0.39, 0.29) is 18.1 Å². The van der Waals surface area contributed by atoms with Gasteiger partial charge >= 0.3 is 18.2 Å². The number of fused-ring (bicyclic) bond motifs is 1. The van der Waals surface area contributed by atoms with Crippen LogP contribution in [0.5, 0.6) is 0 Å². The van der Waals surface area contributed by atoms with Gasteiger partial charge < -0.3 is 20.4 Å². The van der Waals surface area contributed by atoms with Gasteiger partial charge in [-0.15, -0.1) is 0 Å². The third-order valence-corrected chi connectivity index (χ3v) is 5.13. The third kappa shape index (κ3) is 5.01. The Morgan fingerprint density at radius 2 is 1.71 bits per heavy atom. The van der Waals surface area contributed by atoms with Gasteiger partial charge in [0, 0.05) is 18.1 Å². The van der Waals surface area contributed by atoms with Crippen LogP contribution in [0.15, 0.2) is 67.0 Å². The quantitative estimate of drug-likeness (QED) is 0.332. The fourth-order valence-electron chi connectivity index (χ4n) is 3.46. The van der Waals surface area contributed by atoms with Crippen LogP contribution in [0.1, 0.15) is 11.1 Å². The molecule has 0 spiro atoms. The minimum Gasteiger partial charge on any atom is -0.469 e. The Kier molecular flexibility index (Phi) is 6.22. The van der Waals surface area contributed by atoms with Crippen molar-refractivity contribution in [1.82, 2.24) is 9.97 Å². The molecule has 0 saturated carbocycles. The van der Waals surface area contributed by atoms with Gasteiger partial charge in [0.05, 0.1) is 30.2 Å². The molecule has 3 N–H and O–H groups in total. The predicted octanol–water partition coefficient (Wildman–Crippen LogP) is 5.61. The van der Waals surface area contributed by atoms with Crippen LogP contribution in [-0.2, 0) is 22.1 Å². The number of amides is 2. The molecule has 2 heterocycles. The fraction of sp³-hybridized carbons (Fsp3) is 0.125. The van der Waals surface area contributed by atoms with Crippen LogP contribution in [0.2, 0.25) is 0 Å². The van der Waals surface area contributed by atoms with Crippen molar-refractivity contribution < 1.29 is 27.5 Å². The highest BCUT2D eigenvalue weighted by molar-refractivity contribution is 6.09. The van der Waals surface area contributed by atoms with Crippen LogP contribution in [-0.4, -0.2) is 29.1 Å². The number of carbonyl (C=O) groups is 2. The number of nitrogens with one attached hydrogen (secondary N) is 3. The summed E-state index contributed by atoms with van der Waals surface area (Å²) in [5.74, 6) is -0.338. The summed E-state index contributed by atoms with van der Waals surface area (Å²) in [6, 6.07) is 12.7. The average Bonchev–Trinajstić information content (AvgIpc) is 3.22. The van der Waals surface area contributed by atoms with E-state index in [1.54, 1.807) is 18.5 Å². The predicted molar refractivity (Wildman–Crippen MR) is 121 cm³/mol. The molecule has 0 radical (unpaired) electrons. The molecular formula is C24H19F3N4O3. The number of esters is 1. The van der Waals surface area contributed by atoms with E-state index in [9.17, 15) is 22.8 Å². The summed E-state index contributed by atoms with van der Waals surface area (Å²) in [4.78, 5) is 31.3. The van der Waals surface area contributed by atoms with Crippen molar-refractivity contribution >= 4 is 34.4 Å². The summed E-state index contributed by atoms with van der Waals surface area (Å²) < 4.78 is 42.9. The topological polar surface area (TPSA) is 96.1 Å². The van der Waals surface area contributed by atoms with Gasteiger partial charge in [-0.05, 0) is 47.0 Å². The Morgan fingerprint density at radius 3 is 2.35 bits per heavy atom. The first kappa shape index (κ1) is 22.8. The molecule has 0 fully saturated rings. The number of carbonyl (C=O) groups excluding carboxylic acids is 2. The number of methoxy groups -OCH3 is 1. The number of anilines is 2. The molecule has 0 aliphatic carbocycles. The summed E-state index contributed by atoms with van der Waals surface area (Å²) >= 11 is 0. The van der Waals surface area contributed by atoms with Crippen molar-refractivity contribution in [2.24, 2.45) is 0 Å². The SMILES string of the molecule is COC(=O)Cc1ccc(-c2ccnc3[nH]cc(NC(=O)Nc4ccc(C(F)(F)F)cc4)c23)cc1. The monoisotopic (exact) mass is 468 g/mol. The van der Waals surface area contributed by atoms with Crippen molar-refractivity contribution in [3.63, 3.8) is 0 Å². The van der Waals surface area contributed by atoms with Gasteiger partial charge in [0.15, 0.2) is 0 Å². The standard InChI is InChI=1S/C24H19F3N4O3/c1-34-20(32)12-14-2-4-15(5-3-14)18-10-11-28-22-21(18)19(13-29-22)31-23(33)30-17-8-6-16(7-9-17)24(25,26)27/h2-11,13H,12H2,1H3,(H,28,29)(H2,30,31,33). The van der Waals surface area contributed by atoms with Crippen molar-refractivity contribution in [3.8, 4) is 11.1 Å². The zero-order chi connectivity index (χ0) is 24.3. The molecule has 0 aliphatic rings. The molecule has 7 nitrogen and oxygen atoms in total. The number of urea groups is 1. The molecule has 0 unspecified atom stereocenters. The second-order valence-corrected chi connectivity index (χ2v) is 7.39. The lowest BCUT2D eigenvalue weighted by atomic mass is 10.0. The van der Waals surface area contributed by atoms with Gasteiger partial charge in [0.2, 0.25) is 0 Å². The molecule has 174 valence electrons. The first-order valence-corrected chi connectivity index (χ1v) is 10.1. The Bertz CT molecular complexity index is 1330.